The van der Waals surface area contributed by atoms with Gasteiger partial charge >= 0.3 is 11.4 Å². The van der Waals surface area contributed by atoms with Gasteiger partial charge in [-0.15, -0.1) is 0 Å². The third kappa shape index (κ3) is 1.74. The van der Waals surface area contributed by atoms with Gasteiger partial charge in [-0.1, -0.05) is 35.9 Å². The molecule has 0 spiro atoms. The summed E-state index contributed by atoms with van der Waals surface area (Å²) in [5.41, 5.74) is 3.21. The lowest BCUT2D eigenvalue weighted by Gasteiger charge is -2.52. The standard InChI is InChI=1S/C23H23N3O2/c27-22-24(17-4-2-1-3-5-17)23(28)26-19-7-6-18(25(22)26)21(19)20-15-9-13-8-14(11-15)12-16(20)10-13/h1-7,13-16,18-19H,8-12H2/t13?,14?,15?,16?,18-,19+. The fourth-order valence-corrected chi connectivity index (χ4v) is 7.30. The Labute approximate surface area is 162 Å². The molecule has 5 heteroatoms. The molecule has 1 aromatic heterocycles. The Bertz CT molecular complexity index is 1100. The molecule has 4 saturated carbocycles. The lowest BCUT2D eigenvalue weighted by molar-refractivity contribution is 0.0676. The van der Waals surface area contributed by atoms with Gasteiger partial charge in [-0.2, -0.15) is 0 Å². The summed E-state index contributed by atoms with van der Waals surface area (Å²) < 4.78 is 4.76. The Hall–Kier alpha value is -2.56. The lowest BCUT2D eigenvalue weighted by Crippen LogP contribution is -2.41. The number of allylic oxidation sites excluding steroid dienone is 4. The second-order valence-corrected chi connectivity index (χ2v) is 9.41. The molecule has 6 aliphatic rings. The number of benzene rings is 1. The summed E-state index contributed by atoms with van der Waals surface area (Å²) in [5, 5.41) is 0. The molecule has 0 amide bonds. The maximum absolute atomic E-state index is 13.3. The molecule has 8 rings (SSSR count). The third-order valence-electron chi connectivity index (χ3n) is 8.01. The average Bonchev–Trinajstić information content (AvgIpc) is 3.32. The van der Waals surface area contributed by atoms with Crippen molar-refractivity contribution in [2.75, 3.05) is 0 Å². The molecule has 28 heavy (non-hydrogen) atoms. The zero-order chi connectivity index (χ0) is 18.6. The molecule has 0 saturated heterocycles. The Morgan fingerprint density at radius 3 is 1.75 bits per heavy atom. The number of aromatic nitrogens is 3. The summed E-state index contributed by atoms with van der Waals surface area (Å²) in [6.07, 6.45) is 11.0. The van der Waals surface area contributed by atoms with Gasteiger partial charge in [0.05, 0.1) is 17.8 Å². The molecule has 5 aliphatic carbocycles. The fraction of sp³-hybridized carbons (Fsp3) is 0.478. The molecule has 1 aromatic carbocycles. The van der Waals surface area contributed by atoms with Crippen LogP contribution in [0.25, 0.3) is 5.69 Å². The van der Waals surface area contributed by atoms with Crippen LogP contribution < -0.4 is 11.4 Å². The highest BCUT2D eigenvalue weighted by Gasteiger charge is 2.51. The SMILES string of the molecule is O=c1n(-c2ccccc2)c(=O)n2n1[C@@H]1C=C[C@H]2C1=C1C2CC3CC(C2)CC1C3. The van der Waals surface area contributed by atoms with Gasteiger partial charge in [-0.3, -0.25) is 0 Å². The first-order chi connectivity index (χ1) is 13.7. The highest BCUT2D eigenvalue weighted by molar-refractivity contribution is 5.43. The second kappa shape index (κ2) is 5.07. The van der Waals surface area contributed by atoms with Gasteiger partial charge in [0.25, 0.3) is 0 Å². The van der Waals surface area contributed by atoms with Crippen molar-refractivity contribution in [1.29, 1.82) is 0 Å². The van der Waals surface area contributed by atoms with Gasteiger partial charge in [-0.25, -0.2) is 23.5 Å². The van der Waals surface area contributed by atoms with Crippen molar-refractivity contribution in [3.05, 3.63) is 74.6 Å². The Morgan fingerprint density at radius 1 is 0.679 bits per heavy atom. The Morgan fingerprint density at radius 2 is 1.21 bits per heavy atom. The van der Waals surface area contributed by atoms with E-state index in [0.717, 1.165) is 11.8 Å². The van der Waals surface area contributed by atoms with Crippen molar-refractivity contribution in [2.24, 2.45) is 23.7 Å². The smallest absolute Gasteiger partial charge is 0.245 e. The minimum Gasteiger partial charge on any atom is -0.245 e. The minimum absolute atomic E-state index is 0.0670. The molecule has 2 heterocycles. The molecule has 0 unspecified atom stereocenters. The van der Waals surface area contributed by atoms with Crippen molar-refractivity contribution >= 4 is 0 Å². The first-order valence-electron chi connectivity index (χ1n) is 10.6. The molecule has 142 valence electrons. The fourth-order valence-electron chi connectivity index (χ4n) is 7.30. The monoisotopic (exact) mass is 373 g/mol. The average molecular weight is 373 g/mol. The number of rotatable bonds is 1. The van der Waals surface area contributed by atoms with Crippen molar-refractivity contribution in [3.8, 4) is 5.69 Å². The maximum atomic E-state index is 13.3. The van der Waals surface area contributed by atoms with E-state index in [1.165, 1.54) is 42.2 Å². The molecule has 4 fully saturated rings. The predicted octanol–water partition coefficient (Wildman–Crippen LogP) is 3.22. The Kier molecular flexibility index (Phi) is 2.79. The Balaban J connectivity index is 1.41. The van der Waals surface area contributed by atoms with Crippen LogP contribution in [-0.2, 0) is 0 Å². The molecule has 1 aliphatic heterocycles. The van der Waals surface area contributed by atoms with Crippen molar-refractivity contribution in [2.45, 2.75) is 44.2 Å². The van der Waals surface area contributed by atoms with Gasteiger partial charge in [0, 0.05) is 0 Å². The molecule has 2 aromatic rings. The van der Waals surface area contributed by atoms with Crippen LogP contribution in [-0.4, -0.2) is 13.9 Å². The van der Waals surface area contributed by atoms with Crippen LogP contribution in [0.15, 0.2) is 63.2 Å². The summed E-state index contributed by atoms with van der Waals surface area (Å²) in [7, 11) is 0. The highest BCUT2D eigenvalue weighted by atomic mass is 16.2. The number of para-hydroxylation sites is 1. The first-order valence-corrected chi connectivity index (χ1v) is 10.6. The normalized spacial score (nSPS) is 36.6. The zero-order valence-electron chi connectivity index (χ0n) is 15.7. The molecular formula is C23H23N3O2. The van der Waals surface area contributed by atoms with E-state index in [0.29, 0.717) is 17.5 Å². The van der Waals surface area contributed by atoms with Crippen LogP contribution in [0.2, 0.25) is 0 Å². The van der Waals surface area contributed by atoms with Crippen LogP contribution >= 0.6 is 0 Å². The van der Waals surface area contributed by atoms with Gasteiger partial charge in [0.2, 0.25) is 0 Å². The van der Waals surface area contributed by atoms with Crippen LogP contribution in [0.5, 0.6) is 0 Å². The van der Waals surface area contributed by atoms with Gasteiger partial charge in [0.1, 0.15) is 0 Å². The predicted molar refractivity (Wildman–Crippen MR) is 106 cm³/mol. The van der Waals surface area contributed by atoms with Crippen LogP contribution in [0.4, 0.5) is 0 Å². The summed E-state index contributed by atoms with van der Waals surface area (Å²) in [5.74, 6) is 3.20. The zero-order valence-corrected chi connectivity index (χ0v) is 15.7. The summed E-state index contributed by atoms with van der Waals surface area (Å²) in [6.45, 7) is 0. The molecule has 0 radical (unpaired) electrons. The largest absolute Gasteiger partial charge is 0.352 e. The van der Waals surface area contributed by atoms with E-state index in [1.807, 2.05) is 30.3 Å². The van der Waals surface area contributed by atoms with Crippen LogP contribution in [0.1, 0.15) is 44.2 Å². The summed E-state index contributed by atoms with van der Waals surface area (Å²) in [4.78, 5) is 26.5. The quantitative estimate of drug-likeness (QED) is 0.721. The van der Waals surface area contributed by atoms with Crippen molar-refractivity contribution in [1.82, 2.24) is 13.9 Å². The molecule has 2 atom stereocenters. The van der Waals surface area contributed by atoms with Crippen molar-refractivity contribution in [3.63, 3.8) is 0 Å². The van der Waals surface area contributed by atoms with Crippen LogP contribution in [0, 0.1) is 23.7 Å². The number of fused-ring (bicyclic) bond motifs is 5. The van der Waals surface area contributed by atoms with Crippen LogP contribution in [0.3, 0.4) is 0 Å². The lowest BCUT2D eigenvalue weighted by atomic mass is 9.53. The van der Waals surface area contributed by atoms with E-state index >= 15 is 0 Å². The number of hydrogen-bond donors (Lipinski definition) is 0. The molecule has 0 N–H and O–H groups in total. The summed E-state index contributed by atoms with van der Waals surface area (Å²) >= 11 is 0. The second-order valence-electron chi connectivity index (χ2n) is 9.41. The van der Waals surface area contributed by atoms with Gasteiger partial charge in [0.15, 0.2) is 0 Å². The maximum Gasteiger partial charge on any atom is 0.352 e. The third-order valence-corrected chi connectivity index (χ3v) is 8.01. The van der Waals surface area contributed by atoms with E-state index in [4.69, 9.17) is 0 Å². The number of nitrogens with zero attached hydrogens (tertiary/aromatic N) is 3. The van der Waals surface area contributed by atoms with E-state index in [2.05, 4.69) is 12.2 Å². The molecule has 5 nitrogen and oxygen atoms in total. The minimum atomic E-state index is -0.213. The van der Waals surface area contributed by atoms with E-state index in [1.54, 1.807) is 14.9 Å². The van der Waals surface area contributed by atoms with Gasteiger partial charge in [-0.05, 0) is 73.5 Å². The van der Waals surface area contributed by atoms with E-state index in [9.17, 15) is 9.59 Å². The molecular weight excluding hydrogens is 350 g/mol. The highest BCUT2D eigenvalue weighted by Crippen LogP contribution is 2.60. The van der Waals surface area contributed by atoms with E-state index < -0.39 is 0 Å². The van der Waals surface area contributed by atoms with Gasteiger partial charge < -0.3 is 0 Å². The van der Waals surface area contributed by atoms with E-state index in [-0.39, 0.29) is 23.5 Å². The summed E-state index contributed by atoms with van der Waals surface area (Å²) in [6, 6.07) is 9.14. The first kappa shape index (κ1) is 15.4. The topological polar surface area (TPSA) is 48.9 Å². The molecule has 6 bridgehead atoms. The van der Waals surface area contributed by atoms with Crippen molar-refractivity contribution < 1.29 is 0 Å². The number of hydrogen-bond acceptors (Lipinski definition) is 2.